The van der Waals surface area contributed by atoms with Gasteiger partial charge in [-0.05, 0) is 67.3 Å². The van der Waals surface area contributed by atoms with Gasteiger partial charge in [-0.25, -0.2) is 0 Å². The molecule has 5 nitrogen and oxygen atoms in total. The van der Waals surface area contributed by atoms with Crippen LogP contribution in [-0.4, -0.2) is 25.7 Å². The van der Waals surface area contributed by atoms with E-state index in [0.29, 0.717) is 12.5 Å². The van der Waals surface area contributed by atoms with Crippen molar-refractivity contribution in [3.8, 4) is 11.5 Å². The van der Waals surface area contributed by atoms with Crippen LogP contribution in [0.4, 0.5) is 11.4 Å². The molecule has 2 rings (SSSR count). The fraction of sp³-hybridized carbons (Fsp3) is 0.500. The Kier molecular flexibility index (Phi) is 11.4. The molecule has 5 heteroatoms. The van der Waals surface area contributed by atoms with Gasteiger partial charge in [0.2, 0.25) is 5.91 Å². The first kappa shape index (κ1) is 24.6. The van der Waals surface area contributed by atoms with Gasteiger partial charge in [-0.1, -0.05) is 46.5 Å². The highest BCUT2D eigenvalue weighted by Gasteiger charge is 2.04. The van der Waals surface area contributed by atoms with Crippen LogP contribution in [0.2, 0.25) is 0 Å². The molecule has 0 saturated heterocycles. The molecule has 0 bridgehead atoms. The van der Waals surface area contributed by atoms with Crippen LogP contribution in [0.3, 0.4) is 0 Å². The molecule has 0 aliphatic carbocycles. The number of carbonyl (C=O) groups is 1. The summed E-state index contributed by atoms with van der Waals surface area (Å²) in [7, 11) is 0. The average Bonchev–Trinajstić information content (AvgIpc) is 2.76. The molecule has 0 saturated carbocycles. The van der Waals surface area contributed by atoms with Crippen molar-refractivity contribution in [1.82, 2.24) is 0 Å². The third-order valence-electron chi connectivity index (χ3n) is 4.93. The van der Waals surface area contributed by atoms with Crippen LogP contribution in [0.25, 0.3) is 0 Å². The average molecular weight is 427 g/mol. The summed E-state index contributed by atoms with van der Waals surface area (Å²) in [5.74, 6) is 2.21. The lowest BCUT2D eigenvalue weighted by Gasteiger charge is -2.11. The van der Waals surface area contributed by atoms with E-state index in [-0.39, 0.29) is 12.5 Å². The quantitative estimate of drug-likeness (QED) is 0.319. The summed E-state index contributed by atoms with van der Waals surface area (Å²) < 4.78 is 11.5. The first-order chi connectivity index (χ1) is 15.1. The van der Waals surface area contributed by atoms with E-state index in [0.717, 1.165) is 42.3 Å². The lowest BCUT2D eigenvalue weighted by atomic mass is 10.1. The number of ether oxygens (including phenoxy) is 2. The monoisotopic (exact) mass is 426 g/mol. The van der Waals surface area contributed by atoms with Crippen molar-refractivity contribution < 1.29 is 14.3 Å². The zero-order valence-electron chi connectivity index (χ0n) is 19.3. The molecule has 0 aromatic heterocycles. The zero-order valence-corrected chi connectivity index (χ0v) is 19.3. The molecule has 0 radical (unpaired) electrons. The molecule has 0 fully saturated rings. The molecule has 0 heterocycles. The Morgan fingerprint density at radius 2 is 1.39 bits per heavy atom. The van der Waals surface area contributed by atoms with Crippen molar-refractivity contribution in [2.24, 2.45) is 5.92 Å². The number of hydrogen-bond acceptors (Lipinski definition) is 4. The third kappa shape index (κ3) is 10.8. The molecule has 31 heavy (non-hydrogen) atoms. The fourth-order valence-electron chi connectivity index (χ4n) is 3.00. The van der Waals surface area contributed by atoms with Crippen LogP contribution in [-0.2, 0) is 4.79 Å². The number of carbonyl (C=O) groups excluding carboxylic acids is 1. The number of rotatable bonds is 15. The molecular weight excluding hydrogens is 388 g/mol. The molecule has 2 aromatic rings. The van der Waals surface area contributed by atoms with Gasteiger partial charge in [0.25, 0.3) is 0 Å². The molecule has 170 valence electrons. The molecule has 0 aliphatic rings. The van der Waals surface area contributed by atoms with Gasteiger partial charge in [0, 0.05) is 11.4 Å². The lowest BCUT2D eigenvalue weighted by Crippen LogP contribution is -2.21. The van der Waals surface area contributed by atoms with Gasteiger partial charge in [0.1, 0.15) is 11.5 Å². The molecule has 1 amide bonds. The normalized spacial score (nSPS) is 10.7. The van der Waals surface area contributed by atoms with E-state index in [1.165, 1.54) is 25.7 Å². The molecule has 0 aliphatic heterocycles. The summed E-state index contributed by atoms with van der Waals surface area (Å²) in [6, 6.07) is 15.2. The summed E-state index contributed by atoms with van der Waals surface area (Å²) >= 11 is 0. The van der Waals surface area contributed by atoms with E-state index < -0.39 is 0 Å². The third-order valence-corrected chi connectivity index (χ3v) is 4.93. The molecule has 0 unspecified atom stereocenters. The van der Waals surface area contributed by atoms with Crippen molar-refractivity contribution in [3.05, 3.63) is 48.5 Å². The van der Waals surface area contributed by atoms with Crippen LogP contribution in [0, 0.1) is 5.92 Å². The second kappa shape index (κ2) is 14.3. The number of hydrogen-bond donors (Lipinski definition) is 2. The van der Waals surface area contributed by atoms with Crippen LogP contribution in [0.15, 0.2) is 48.5 Å². The van der Waals surface area contributed by atoms with Crippen molar-refractivity contribution in [3.63, 3.8) is 0 Å². The molecule has 0 atom stereocenters. The maximum absolute atomic E-state index is 12.2. The van der Waals surface area contributed by atoms with E-state index in [9.17, 15) is 4.79 Å². The fourth-order valence-corrected chi connectivity index (χ4v) is 3.00. The van der Waals surface area contributed by atoms with E-state index >= 15 is 0 Å². The van der Waals surface area contributed by atoms with Crippen LogP contribution < -0.4 is 20.1 Å². The van der Waals surface area contributed by atoms with Crippen molar-refractivity contribution >= 4 is 17.3 Å². The summed E-state index contributed by atoms with van der Waals surface area (Å²) in [6.45, 7) is 8.22. The predicted molar refractivity (Wildman–Crippen MR) is 129 cm³/mol. The van der Waals surface area contributed by atoms with E-state index in [1.807, 2.05) is 48.5 Å². The first-order valence-corrected chi connectivity index (χ1v) is 11.6. The Hall–Kier alpha value is -2.69. The van der Waals surface area contributed by atoms with Gasteiger partial charge >= 0.3 is 0 Å². The number of amides is 1. The summed E-state index contributed by atoms with van der Waals surface area (Å²) in [4.78, 5) is 12.2. The minimum Gasteiger partial charge on any atom is -0.494 e. The minimum absolute atomic E-state index is 0.0964. The second-order valence-corrected chi connectivity index (χ2v) is 8.24. The second-order valence-electron chi connectivity index (χ2n) is 8.24. The topological polar surface area (TPSA) is 59.6 Å². The zero-order chi connectivity index (χ0) is 22.3. The first-order valence-electron chi connectivity index (χ1n) is 11.6. The van der Waals surface area contributed by atoms with Gasteiger partial charge in [-0.15, -0.1) is 0 Å². The van der Waals surface area contributed by atoms with Crippen molar-refractivity contribution in [2.75, 3.05) is 30.4 Å². The van der Waals surface area contributed by atoms with Gasteiger partial charge < -0.3 is 20.1 Å². The Balaban J connectivity index is 1.65. The Bertz CT molecular complexity index is 742. The molecular formula is C26H38N2O3. The Morgan fingerprint density at radius 3 is 2.00 bits per heavy atom. The van der Waals surface area contributed by atoms with Gasteiger partial charge in [0.15, 0.2) is 0 Å². The van der Waals surface area contributed by atoms with Gasteiger partial charge in [-0.2, -0.15) is 0 Å². The highest BCUT2D eigenvalue weighted by Crippen LogP contribution is 2.18. The van der Waals surface area contributed by atoms with Gasteiger partial charge in [-0.3, -0.25) is 4.79 Å². The lowest BCUT2D eigenvalue weighted by molar-refractivity contribution is -0.114. The smallest absolute Gasteiger partial charge is 0.243 e. The van der Waals surface area contributed by atoms with E-state index in [4.69, 9.17) is 9.47 Å². The molecule has 0 spiro atoms. The summed E-state index contributed by atoms with van der Waals surface area (Å²) in [6.07, 6.45) is 7.16. The van der Waals surface area contributed by atoms with Crippen LogP contribution >= 0.6 is 0 Å². The van der Waals surface area contributed by atoms with Crippen molar-refractivity contribution in [2.45, 2.75) is 59.3 Å². The number of anilines is 2. The minimum atomic E-state index is -0.0964. The maximum atomic E-state index is 12.2. The van der Waals surface area contributed by atoms with Crippen molar-refractivity contribution in [1.29, 1.82) is 0 Å². The highest BCUT2D eigenvalue weighted by atomic mass is 16.5. The molecule has 2 N–H and O–H groups in total. The Morgan fingerprint density at radius 1 is 0.806 bits per heavy atom. The largest absolute Gasteiger partial charge is 0.494 e. The SMILES string of the molecule is CCCCCCCOc1ccc(NCC(=O)Nc2ccc(OCCC(C)C)cc2)cc1. The number of benzene rings is 2. The number of unbranched alkanes of at least 4 members (excludes halogenated alkanes) is 4. The number of nitrogens with one attached hydrogen (secondary N) is 2. The highest BCUT2D eigenvalue weighted by molar-refractivity contribution is 5.93. The van der Waals surface area contributed by atoms with Gasteiger partial charge in [0.05, 0.1) is 19.8 Å². The van der Waals surface area contributed by atoms with Crippen LogP contribution in [0.1, 0.15) is 59.3 Å². The summed E-state index contributed by atoms with van der Waals surface area (Å²) in [5.41, 5.74) is 1.64. The van der Waals surface area contributed by atoms with E-state index in [1.54, 1.807) is 0 Å². The van der Waals surface area contributed by atoms with E-state index in [2.05, 4.69) is 31.4 Å². The van der Waals surface area contributed by atoms with Crippen LogP contribution in [0.5, 0.6) is 11.5 Å². The summed E-state index contributed by atoms with van der Waals surface area (Å²) in [5, 5.41) is 6.03. The predicted octanol–water partition coefficient (Wildman–Crippen LogP) is 6.51. The Labute approximate surface area is 187 Å². The maximum Gasteiger partial charge on any atom is 0.243 e. The molecule has 2 aromatic carbocycles. The standard InChI is InChI=1S/C26H38N2O3/c1-4-5-6-7-8-18-30-24-13-9-22(10-14-24)27-20-26(29)28-23-11-15-25(16-12-23)31-19-17-21(2)3/h9-16,21,27H,4-8,17-20H2,1-3H3,(H,28,29).